The lowest BCUT2D eigenvalue weighted by Gasteiger charge is -2.20. The predicted molar refractivity (Wildman–Crippen MR) is 131 cm³/mol. The molecule has 0 unspecified atom stereocenters. The monoisotopic (exact) mass is 465 g/mol. The molecule has 1 atom stereocenters. The first-order chi connectivity index (χ1) is 16.4. The molecule has 1 aromatic carbocycles. The molecule has 180 valence electrons. The van der Waals surface area contributed by atoms with Crippen LogP contribution >= 0.6 is 0 Å². The molecule has 8 heteroatoms. The van der Waals surface area contributed by atoms with Crippen LogP contribution in [0.3, 0.4) is 0 Å². The third kappa shape index (κ3) is 5.61. The van der Waals surface area contributed by atoms with Gasteiger partial charge in [0.05, 0.1) is 17.3 Å². The fourth-order valence-corrected chi connectivity index (χ4v) is 4.51. The second-order valence-electron chi connectivity index (χ2n) is 9.18. The zero-order valence-corrected chi connectivity index (χ0v) is 19.8. The van der Waals surface area contributed by atoms with E-state index in [1.165, 1.54) is 37.1 Å². The summed E-state index contributed by atoms with van der Waals surface area (Å²) in [4.78, 5) is 29.4. The molecule has 1 amide bonds. The number of nitrogens with zero attached hydrogens (tertiary/aromatic N) is 3. The van der Waals surface area contributed by atoms with Crippen LogP contribution < -0.4 is 10.6 Å². The molecule has 1 aliphatic carbocycles. The number of amides is 1. The van der Waals surface area contributed by atoms with Gasteiger partial charge in [0.2, 0.25) is 5.95 Å². The van der Waals surface area contributed by atoms with Crippen molar-refractivity contribution in [2.45, 2.75) is 77.2 Å². The maximum absolute atomic E-state index is 13.2. The largest absolute Gasteiger partial charge is 0.351 e. The highest BCUT2D eigenvalue weighted by Gasteiger charge is 2.26. The highest BCUT2D eigenvalue weighted by Crippen LogP contribution is 2.33. The number of hydrogen-bond donors (Lipinski definition) is 2. The summed E-state index contributed by atoms with van der Waals surface area (Å²) >= 11 is 0. The maximum atomic E-state index is 13.2. The van der Waals surface area contributed by atoms with E-state index >= 15 is 0 Å². The number of hydrogen-bond acceptors (Lipinski definition) is 5. The molecule has 0 spiro atoms. The Balaban J connectivity index is 1.63. The van der Waals surface area contributed by atoms with Gasteiger partial charge in [0.15, 0.2) is 0 Å². The van der Waals surface area contributed by atoms with Gasteiger partial charge in [-0.3, -0.25) is 9.59 Å². The molecule has 34 heavy (non-hydrogen) atoms. The molecule has 2 aromatic heterocycles. The van der Waals surface area contributed by atoms with E-state index in [0.29, 0.717) is 35.6 Å². The number of benzene rings is 1. The van der Waals surface area contributed by atoms with Gasteiger partial charge in [0, 0.05) is 36.2 Å². The van der Waals surface area contributed by atoms with E-state index in [-0.39, 0.29) is 29.5 Å². The predicted octanol–water partition coefficient (Wildman–Crippen LogP) is 5.73. The average Bonchev–Trinajstić information content (AvgIpc) is 3.20. The Labute approximate surface area is 199 Å². The first kappa shape index (κ1) is 23.9. The lowest BCUT2D eigenvalue weighted by molar-refractivity contribution is -0.120. The quantitative estimate of drug-likeness (QED) is 0.394. The number of nitrogens with one attached hydrogen (secondary N) is 2. The van der Waals surface area contributed by atoms with E-state index in [2.05, 4.69) is 29.5 Å². The third-order valence-corrected chi connectivity index (χ3v) is 6.47. The Morgan fingerprint density at radius 3 is 2.65 bits per heavy atom. The fraction of sp³-hybridized carbons (Fsp3) is 0.462. The van der Waals surface area contributed by atoms with Gasteiger partial charge in [0.1, 0.15) is 11.6 Å². The molecule has 3 aromatic rings. The van der Waals surface area contributed by atoms with Crippen LogP contribution in [0.25, 0.3) is 5.52 Å². The molecule has 0 aliphatic heterocycles. The van der Waals surface area contributed by atoms with Gasteiger partial charge in [-0.2, -0.15) is 0 Å². The van der Waals surface area contributed by atoms with Gasteiger partial charge in [-0.15, -0.1) is 5.10 Å². The summed E-state index contributed by atoms with van der Waals surface area (Å²) in [7, 11) is 0. The minimum atomic E-state index is -0.362. The van der Waals surface area contributed by atoms with E-state index in [1.807, 2.05) is 6.07 Å². The molecule has 1 saturated carbocycles. The van der Waals surface area contributed by atoms with E-state index < -0.39 is 0 Å². The molecular formula is C26H32FN5O2. The van der Waals surface area contributed by atoms with Crippen LogP contribution in [0.5, 0.6) is 0 Å². The number of Topliss-reactive ketones (excluding diaryl/α,β-unsaturated/α-hetero) is 1. The van der Waals surface area contributed by atoms with Crippen LogP contribution in [0, 0.1) is 5.82 Å². The van der Waals surface area contributed by atoms with Crippen molar-refractivity contribution in [3.05, 3.63) is 53.6 Å². The summed E-state index contributed by atoms with van der Waals surface area (Å²) in [6.07, 6.45) is 8.78. The van der Waals surface area contributed by atoms with Gasteiger partial charge in [-0.05, 0) is 56.5 Å². The molecule has 1 aliphatic rings. The number of aromatic nitrogens is 3. The van der Waals surface area contributed by atoms with Crippen molar-refractivity contribution in [3.63, 3.8) is 0 Å². The van der Waals surface area contributed by atoms with Gasteiger partial charge < -0.3 is 10.6 Å². The summed E-state index contributed by atoms with van der Waals surface area (Å²) in [6, 6.07) is 7.76. The second-order valence-corrected chi connectivity index (χ2v) is 9.18. The second kappa shape index (κ2) is 10.8. The van der Waals surface area contributed by atoms with Gasteiger partial charge in [-0.1, -0.05) is 26.2 Å². The lowest BCUT2D eigenvalue weighted by Crippen LogP contribution is -2.19. The Kier molecular flexibility index (Phi) is 7.55. The Morgan fingerprint density at radius 2 is 1.94 bits per heavy atom. The first-order valence-electron chi connectivity index (χ1n) is 12.2. The number of anilines is 2. The standard InChI is InChI=1S/C26H32FN5O2/c1-3-4-5-6-17(2)29-26-28-16-24-22(25(34)30-20-11-9-19(27)10-12-20)15-23(32(24)31-26)18-7-13-21(33)14-8-18/h9-12,15-18H,3-8,13-14H2,1-2H3,(H,29,31)(H,30,34)/t17-/m0/s1. The van der Waals surface area contributed by atoms with E-state index in [4.69, 9.17) is 5.10 Å². The number of carbonyl (C=O) groups is 2. The maximum Gasteiger partial charge on any atom is 0.257 e. The summed E-state index contributed by atoms with van der Waals surface area (Å²) < 4.78 is 15.0. The topological polar surface area (TPSA) is 88.4 Å². The van der Waals surface area contributed by atoms with Crippen LogP contribution in [-0.2, 0) is 4.79 Å². The number of ketones is 1. The van der Waals surface area contributed by atoms with E-state index in [0.717, 1.165) is 31.4 Å². The van der Waals surface area contributed by atoms with Crippen molar-refractivity contribution in [1.29, 1.82) is 0 Å². The molecule has 7 nitrogen and oxygen atoms in total. The number of unbranched alkanes of at least 4 members (excludes halogenated alkanes) is 2. The normalized spacial score (nSPS) is 15.4. The van der Waals surface area contributed by atoms with Crippen LogP contribution in [0.1, 0.15) is 87.2 Å². The molecule has 0 saturated heterocycles. The van der Waals surface area contributed by atoms with Crippen molar-refractivity contribution in [3.8, 4) is 0 Å². The fourth-order valence-electron chi connectivity index (χ4n) is 4.51. The van der Waals surface area contributed by atoms with Gasteiger partial charge in [-0.25, -0.2) is 13.9 Å². The molecule has 2 heterocycles. The van der Waals surface area contributed by atoms with Crippen LogP contribution in [0.4, 0.5) is 16.0 Å². The molecule has 1 fully saturated rings. The molecule has 0 bridgehead atoms. The average molecular weight is 466 g/mol. The van der Waals surface area contributed by atoms with Gasteiger partial charge in [0.25, 0.3) is 5.91 Å². The number of halogens is 1. The van der Waals surface area contributed by atoms with Crippen molar-refractivity contribution < 1.29 is 14.0 Å². The Bertz CT molecular complexity index is 1150. The summed E-state index contributed by atoms with van der Waals surface area (Å²) in [5, 5.41) is 11.0. The van der Waals surface area contributed by atoms with Crippen molar-refractivity contribution in [2.24, 2.45) is 0 Å². The van der Waals surface area contributed by atoms with Crippen molar-refractivity contribution >= 4 is 28.8 Å². The van der Waals surface area contributed by atoms with Crippen molar-refractivity contribution in [1.82, 2.24) is 14.6 Å². The van der Waals surface area contributed by atoms with E-state index in [9.17, 15) is 14.0 Å². The lowest BCUT2D eigenvalue weighted by atomic mass is 9.86. The number of carbonyl (C=O) groups excluding carboxylic acids is 2. The van der Waals surface area contributed by atoms with Crippen LogP contribution in [-0.4, -0.2) is 32.3 Å². The number of rotatable bonds is 9. The zero-order chi connectivity index (χ0) is 24.1. The third-order valence-electron chi connectivity index (χ3n) is 6.47. The Hall–Kier alpha value is -3.29. The molecule has 4 rings (SSSR count). The van der Waals surface area contributed by atoms with Crippen LogP contribution in [0.2, 0.25) is 0 Å². The van der Waals surface area contributed by atoms with Crippen molar-refractivity contribution in [2.75, 3.05) is 10.6 Å². The van der Waals surface area contributed by atoms with Gasteiger partial charge >= 0.3 is 0 Å². The van der Waals surface area contributed by atoms with E-state index in [1.54, 1.807) is 10.7 Å². The van der Waals surface area contributed by atoms with Crippen LogP contribution in [0.15, 0.2) is 36.5 Å². The summed E-state index contributed by atoms with van der Waals surface area (Å²) in [5.74, 6) is 0.274. The minimum absolute atomic E-state index is 0.141. The summed E-state index contributed by atoms with van der Waals surface area (Å²) in [6.45, 7) is 4.31. The zero-order valence-electron chi connectivity index (χ0n) is 19.8. The minimum Gasteiger partial charge on any atom is -0.351 e. The number of fused-ring (bicyclic) bond motifs is 1. The highest BCUT2D eigenvalue weighted by atomic mass is 19.1. The smallest absolute Gasteiger partial charge is 0.257 e. The highest BCUT2D eigenvalue weighted by molar-refractivity contribution is 6.09. The molecule has 2 N–H and O–H groups in total. The first-order valence-corrected chi connectivity index (χ1v) is 12.2. The Morgan fingerprint density at radius 1 is 1.21 bits per heavy atom. The SMILES string of the molecule is CCCCC[C@H](C)Nc1ncc2c(C(=O)Nc3ccc(F)cc3)cc(C3CCC(=O)CC3)n2n1. The summed E-state index contributed by atoms with van der Waals surface area (Å²) in [5.41, 5.74) is 2.49. The molecular weight excluding hydrogens is 433 g/mol. The molecule has 0 radical (unpaired) electrons.